The van der Waals surface area contributed by atoms with Crippen LogP contribution < -0.4 is 0 Å². The third kappa shape index (κ3) is 2.46. The van der Waals surface area contributed by atoms with Gasteiger partial charge in [0.25, 0.3) is 0 Å². The van der Waals surface area contributed by atoms with Crippen LogP contribution in [0.1, 0.15) is 22.5 Å². The van der Waals surface area contributed by atoms with Crippen molar-refractivity contribution in [3.8, 4) is 0 Å². The fourth-order valence-electron chi connectivity index (χ4n) is 2.57. The van der Waals surface area contributed by atoms with Crippen LogP contribution >= 0.6 is 11.8 Å². The molecule has 1 heterocycles. The summed E-state index contributed by atoms with van der Waals surface area (Å²) in [6.45, 7) is 8.31. The molecule has 2 aromatic carbocycles. The molecule has 3 rings (SSSR count). The fourth-order valence-corrected chi connectivity index (χ4v) is 3.66. The topological polar surface area (TPSA) is 13.1 Å². The van der Waals surface area contributed by atoms with Crippen LogP contribution in [0.5, 0.6) is 0 Å². The third-order valence-corrected chi connectivity index (χ3v) is 5.13. The number of aryl methyl sites for hydroxylation is 3. The maximum Gasteiger partial charge on any atom is 0.136 e. The summed E-state index contributed by atoms with van der Waals surface area (Å²) < 4.78 is 19.3. The average Bonchev–Trinajstić information content (AvgIpc) is 2.72. The van der Waals surface area contributed by atoms with Crippen molar-refractivity contribution in [1.29, 1.82) is 0 Å². The highest BCUT2D eigenvalue weighted by atomic mass is 32.2. The molecular formula is C18H17FOS. The number of halogens is 1. The van der Waals surface area contributed by atoms with Crippen LogP contribution in [0.3, 0.4) is 0 Å². The molecule has 0 bridgehead atoms. The first-order valence-corrected chi connectivity index (χ1v) is 7.72. The van der Waals surface area contributed by atoms with Crippen LogP contribution in [-0.2, 0) is 0 Å². The third-order valence-electron chi connectivity index (χ3n) is 3.95. The van der Waals surface area contributed by atoms with Crippen LogP contribution in [0, 0.1) is 33.5 Å². The number of fused-ring (bicyclic) bond motifs is 1. The van der Waals surface area contributed by atoms with E-state index in [9.17, 15) is 4.39 Å². The molecule has 0 aliphatic carbocycles. The van der Waals surface area contributed by atoms with E-state index in [-0.39, 0.29) is 5.82 Å². The van der Waals surface area contributed by atoms with Crippen molar-refractivity contribution in [1.82, 2.24) is 0 Å². The first kappa shape index (κ1) is 14.2. The van der Waals surface area contributed by atoms with Gasteiger partial charge in [-0.1, -0.05) is 17.8 Å². The Balaban J connectivity index is 2.18. The van der Waals surface area contributed by atoms with Crippen molar-refractivity contribution in [3.05, 3.63) is 58.6 Å². The predicted molar refractivity (Wildman–Crippen MR) is 85.7 cm³/mol. The summed E-state index contributed by atoms with van der Waals surface area (Å²) in [7, 11) is 0. The summed E-state index contributed by atoms with van der Waals surface area (Å²) in [4.78, 5) is 1.97. The lowest BCUT2D eigenvalue weighted by atomic mass is 10.0. The molecule has 0 atom stereocenters. The van der Waals surface area contributed by atoms with E-state index in [4.69, 9.17) is 4.42 Å². The largest absolute Gasteiger partial charge is 0.460 e. The van der Waals surface area contributed by atoms with Crippen LogP contribution in [0.25, 0.3) is 11.0 Å². The zero-order chi connectivity index (χ0) is 15.1. The molecule has 0 unspecified atom stereocenters. The van der Waals surface area contributed by atoms with Crippen LogP contribution in [0.2, 0.25) is 0 Å². The van der Waals surface area contributed by atoms with Gasteiger partial charge in [0, 0.05) is 10.3 Å². The van der Waals surface area contributed by atoms with E-state index in [2.05, 4.69) is 26.8 Å². The standard InChI is InChI=1S/C18H17FOS/c1-10-8-16-17(12(3)11(10)2)18(13(4)20-16)21-15-7-5-6-14(19)9-15/h5-9H,1-4H3. The first-order valence-electron chi connectivity index (χ1n) is 6.90. The number of benzene rings is 2. The number of rotatable bonds is 2. The smallest absolute Gasteiger partial charge is 0.136 e. The summed E-state index contributed by atoms with van der Waals surface area (Å²) >= 11 is 1.56. The van der Waals surface area contributed by atoms with Gasteiger partial charge in [0.1, 0.15) is 17.2 Å². The lowest BCUT2D eigenvalue weighted by Crippen LogP contribution is -1.87. The molecule has 0 radical (unpaired) electrons. The minimum absolute atomic E-state index is 0.214. The van der Waals surface area contributed by atoms with E-state index in [0.29, 0.717) is 0 Å². The SMILES string of the molecule is Cc1cc2oc(C)c(Sc3cccc(F)c3)c2c(C)c1C. The zero-order valence-electron chi connectivity index (χ0n) is 12.6. The molecular weight excluding hydrogens is 283 g/mol. The van der Waals surface area contributed by atoms with Crippen LogP contribution in [0.4, 0.5) is 4.39 Å². The normalized spacial score (nSPS) is 11.3. The van der Waals surface area contributed by atoms with E-state index >= 15 is 0 Å². The lowest BCUT2D eigenvalue weighted by Gasteiger charge is -2.07. The molecule has 0 amide bonds. The van der Waals surface area contributed by atoms with Crippen molar-refractivity contribution < 1.29 is 8.81 Å². The molecule has 0 fully saturated rings. The zero-order valence-corrected chi connectivity index (χ0v) is 13.4. The Labute approximate surface area is 128 Å². The van der Waals surface area contributed by atoms with E-state index < -0.39 is 0 Å². The maximum absolute atomic E-state index is 13.4. The van der Waals surface area contributed by atoms with E-state index in [1.165, 1.54) is 22.8 Å². The quantitative estimate of drug-likeness (QED) is 0.579. The molecule has 0 spiro atoms. The summed E-state index contributed by atoms with van der Waals surface area (Å²) in [5, 5.41) is 1.14. The van der Waals surface area contributed by atoms with Gasteiger partial charge in [0.2, 0.25) is 0 Å². The minimum Gasteiger partial charge on any atom is -0.460 e. The molecule has 0 saturated heterocycles. The van der Waals surface area contributed by atoms with E-state index in [1.807, 2.05) is 13.0 Å². The predicted octanol–water partition coefficient (Wildman–Crippen LogP) is 5.96. The molecule has 0 aliphatic rings. The summed E-state index contributed by atoms with van der Waals surface area (Å²) in [5.41, 5.74) is 4.66. The highest BCUT2D eigenvalue weighted by Gasteiger charge is 2.17. The summed E-state index contributed by atoms with van der Waals surface area (Å²) in [6, 6.07) is 8.75. The van der Waals surface area contributed by atoms with Crippen molar-refractivity contribution >= 4 is 22.7 Å². The fraction of sp³-hybridized carbons (Fsp3) is 0.222. The Kier molecular flexibility index (Phi) is 3.54. The Hall–Kier alpha value is -1.74. The minimum atomic E-state index is -0.214. The number of hydrogen-bond donors (Lipinski definition) is 0. The second-order valence-electron chi connectivity index (χ2n) is 5.36. The van der Waals surface area contributed by atoms with Crippen molar-refractivity contribution in [2.75, 3.05) is 0 Å². The molecule has 21 heavy (non-hydrogen) atoms. The molecule has 3 heteroatoms. The highest BCUT2D eigenvalue weighted by molar-refractivity contribution is 7.99. The van der Waals surface area contributed by atoms with Gasteiger partial charge in [-0.25, -0.2) is 4.39 Å². The number of furan rings is 1. The average molecular weight is 300 g/mol. The van der Waals surface area contributed by atoms with Gasteiger partial charge in [-0.15, -0.1) is 0 Å². The molecule has 1 aromatic heterocycles. The monoisotopic (exact) mass is 300 g/mol. The van der Waals surface area contributed by atoms with Crippen LogP contribution in [0.15, 0.2) is 44.5 Å². The Morgan fingerprint density at radius 2 is 1.76 bits per heavy atom. The second kappa shape index (κ2) is 5.23. The van der Waals surface area contributed by atoms with Gasteiger partial charge in [-0.3, -0.25) is 0 Å². The second-order valence-corrected chi connectivity index (χ2v) is 6.45. The van der Waals surface area contributed by atoms with Crippen molar-refractivity contribution in [2.24, 2.45) is 0 Å². The van der Waals surface area contributed by atoms with E-state index in [0.717, 1.165) is 26.5 Å². The molecule has 3 aromatic rings. The molecule has 0 N–H and O–H groups in total. The van der Waals surface area contributed by atoms with E-state index in [1.54, 1.807) is 23.9 Å². The van der Waals surface area contributed by atoms with Gasteiger partial charge in [-0.2, -0.15) is 0 Å². The van der Waals surface area contributed by atoms with Gasteiger partial charge >= 0.3 is 0 Å². The number of hydrogen-bond acceptors (Lipinski definition) is 2. The molecule has 0 saturated carbocycles. The maximum atomic E-state index is 13.4. The van der Waals surface area contributed by atoms with Crippen molar-refractivity contribution in [2.45, 2.75) is 37.5 Å². The first-order chi connectivity index (χ1) is 9.97. The summed E-state index contributed by atoms with van der Waals surface area (Å²) in [5.74, 6) is 0.668. The molecule has 0 aliphatic heterocycles. The van der Waals surface area contributed by atoms with Gasteiger partial charge in [0.15, 0.2) is 0 Å². The lowest BCUT2D eigenvalue weighted by molar-refractivity contribution is 0.568. The molecule has 108 valence electrons. The highest BCUT2D eigenvalue weighted by Crippen LogP contribution is 2.41. The Morgan fingerprint density at radius 1 is 1.00 bits per heavy atom. The Bertz CT molecular complexity index is 833. The molecule has 1 nitrogen and oxygen atoms in total. The van der Waals surface area contributed by atoms with Gasteiger partial charge < -0.3 is 4.42 Å². The van der Waals surface area contributed by atoms with Gasteiger partial charge in [-0.05, 0) is 68.7 Å². The van der Waals surface area contributed by atoms with Gasteiger partial charge in [0.05, 0.1) is 4.90 Å². The Morgan fingerprint density at radius 3 is 2.48 bits per heavy atom. The van der Waals surface area contributed by atoms with Crippen LogP contribution in [-0.4, -0.2) is 0 Å². The van der Waals surface area contributed by atoms with Crippen molar-refractivity contribution in [3.63, 3.8) is 0 Å². The summed E-state index contributed by atoms with van der Waals surface area (Å²) in [6.07, 6.45) is 0.